The van der Waals surface area contributed by atoms with Gasteiger partial charge in [0.25, 0.3) is 0 Å². The third-order valence-corrected chi connectivity index (χ3v) is 1.99. The molecule has 0 saturated carbocycles. The number of nitrogens with zero attached hydrogens (tertiary/aromatic N) is 2. The van der Waals surface area contributed by atoms with Crippen LogP contribution in [0, 0.1) is 5.92 Å². The van der Waals surface area contributed by atoms with E-state index in [2.05, 4.69) is 37.7 Å². The molecule has 0 saturated heterocycles. The molecule has 0 bridgehead atoms. The number of nitrogens with two attached hydrogens (primary N) is 1. The van der Waals surface area contributed by atoms with Crippen molar-refractivity contribution in [2.24, 2.45) is 5.92 Å². The molecule has 3 nitrogen and oxygen atoms in total. The van der Waals surface area contributed by atoms with E-state index in [1.54, 1.807) is 0 Å². The number of rotatable bonds is 3. The van der Waals surface area contributed by atoms with Crippen LogP contribution in [0.1, 0.15) is 45.1 Å². The van der Waals surface area contributed by atoms with E-state index in [0.717, 1.165) is 17.9 Å². The first-order chi connectivity index (χ1) is 6.49. The Morgan fingerprint density at radius 2 is 1.86 bits per heavy atom. The van der Waals surface area contributed by atoms with Gasteiger partial charge < -0.3 is 5.73 Å². The van der Waals surface area contributed by atoms with Crippen LogP contribution in [0.2, 0.25) is 0 Å². The maximum atomic E-state index is 5.72. The van der Waals surface area contributed by atoms with Gasteiger partial charge in [0.15, 0.2) is 0 Å². The van der Waals surface area contributed by atoms with Crippen molar-refractivity contribution in [3.63, 3.8) is 0 Å². The summed E-state index contributed by atoms with van der Waals surface area (Å²) in [6.07, 6.45) is 0.894. The van der Waals surface area contributed by atoms with E-state index in [9.17, 15) is 0 Å². The average Bonchev–Trinajstić information content (AvgIpc) is 2.01. The van der Waals surface area contributed by atoms with Crippen molar-refractivity contribution in [2.75, 3.05) is 5.73 Å². The molecule has 0 unspecified atom stereocenters. The van der Waals surface area contributed by atoms with Gasteiger partial charge in [0.2, 0.25) is 0 Å². The second-order valence-electron chi connectivity index (χ2n) is 4.39. The smallest absolute Gasteiger partial charge is 0.131 e. The highest BCUT2D eigenvalue weighted by molar-refractivity contribution is 5.31. The molecule has 1 aromatic rings. The molecule has 0 aliphatic rings. The molecule has 1 aromatic heterocycles. The minimum atomic E-state index is 0.409. The SMILES string of the molecule is CC(C)Cc1nc(N)cc(C(C)C)n1. The molecular formula is C11H19N3. The van der Waals surface area contributed by atoms with Gasteiger partial charge in [-0.2, -0.15) is 0 Å². The number of hydrogen-bond acceptors (Lipinski definition) is 3. The number of anilines is 1. The number of aromatic nitrogens is 2. The Balaban J connectivity index is 2.95. The van der Waals surface area contributed by atoms with Gasteiger partial charge in [-0.05, 0) is 11.8 Å². The van der Waals surface area contributed by atoms with Crippen LogP contribution in [-0.4, -0.2) is 9.97 Å². The predicted octanol–water partition coefficient (Wildman–Crippen LogP) is 2.38. The normalized spacial score (nSPS) is 11.3. The van der Waals surface area contributed by atoms with Crippen LogP contribution in [0.5, 0.6) is 0 Å². The van der Waals surface area contributed by atoms with Crippen LogP contribution in [0.4, 0.5) is 5.82 Å². The summed E-state index contributed by atoms with van der Waals surface area (Å²) in [5, 5.41) is 0. The fourth-order valence-corrected chi connectivity index (χ4v) is 1.29. The molecule has 2 N–H and O–H groups in total. The highest BCUT2D eigenvalue weighted by Crippen LogP contribution is 2.15. The van der Waals surface area contributed by atoms with Crippen molar-refractivity contribution >= 4 is 5.82 Å². The molecular weight excluding hydrogens is 174 g/mol. The molecule has 0 fully saturated rings. The van der Waals surface area contributed by atoms with Crippen molar-refractivity contribution < 1.29 is 0 Å². The second kappa shape index (κ2) is 4.40. The summed E-state index contributed by atoms with van der Waals surface area (Å²) in [6, 6.07) is 1.86. The van der Waals surface area contributed by atoms with E-state index < -0.39 is 0 Å². The first kappa shape index (κ1) is 11.0. The summed E-state index contributed by atoms with van der Waals surface area (Å²) in [5.74, 6) is 2.42. The van der Waals surface area contributed by atoms with Gasteiger partial charge >= 0.3 is 0 Å². The Morgan fingerprint density at radius 1 is 1.21 bits per heavy atom. The first-order valence-electron chi connectivity index (χ1n) is 5.12. The lowest BCUT2D eigenvalue weighted by Gasteiger charge is -2.09. The lowest BCUT2D eigenvalue weighted by Crippen LogP contribution is -2.07. The van der Waals surface area contributed by atoms with E-state index in [1.165, 1.54) is 0 Å². The monoisotopic (exact) mass is 193 g/mol. The summed E-state index contributed by atoms with van der Waals surface area (Å²) < 4.78 is 0. The summed E-state index contributed by atoms with van der Waals surface area (Å²) in [6.45, 7) is 8.53. The molecule has 0 spiro atoms. The Bertz CT molecular complexity index is 305. The van der Waals surface area contributed by atoms with Gasteiger partial charge in [-0.3, -0.25) is 0 Å². The average molecular weight is 193 g/mol. The summed E-state index contributed by atoms with van der Waals surface area (Å²) >= 11 is 0. The highest BCUT2D eigenvalue weighted by atomic mass is 14.9. The van der Waals surface area contributed by atoms with Crippen LogP contribution < -0.4 is 5.73 Å². The Kier molecular flexibility index (Phi) is 3.44. The molecule has 78 valence electrons. The third kappa shape index (κ3) is 2.98. The fraction of sp³-hybridized carbons (Fsp3) is 0.636. The lowest BCUT2D eigenvalue weighted by atomic mass is 10.1. The van der Waals surface area contributed by atoms with E-state index in [-0.39, 0.29) is 0 Å². The molecule has 0 atom stereocenters. The second-order valence-corrected chi connectivity index (χ2v) is 4.39. The minimum Gasteiger partial charge on any atom is -0.384 e. The minimum absolute atomic E-state index is 0.409. The van der Waals surface area contributed by atoms with Crippen LogP contribution in [0.25, 0.3) is 0 Å². The van der Waals surface area contributed by atoms with Gasteiger partial charge in [0.1, 0.15) is 11.6 Å². The van der Waals surface area contributed by atoms with Gasteiger partial charge in [-0.1, -0.05) is 27.7 Å². The first-order valence-corrected chi connectivity index (χ1v) is 5.12. The zero-order chi connectivity index (χ0) is 10.7. The standard InChI is InChI=1S/C11H19N3/c1-7(2)5-11-13-9(8(3)4)6-10(12)14-11/h6-8H,5H2,1-4H3,(H2,12,13,14). The molecule has 3 heteroatoms. The molecule has 14 heavy (non-hydrogen) atoms. The highest BCUT2D eigenvalue weighted by Gasteiger charge is 2.07. The lowest BCUT2D eigenvalue weighted by molar-refractivity contribution is 0.615. The Morgan fingerprint density at radius 3 is 2.36 bits per heavy atom. The molecule has 1 rings (SSSR count). The summed E-state index contributed by atoms with van der Waals surface area (Å²) in [7, 11) is 0. The van der Waals surface area contributed by atoms with Crippen LogP contribution in [-0.2, 0) is 6.42 Å². The van der Waals surface area contributed by atoms with Gasteiger partial charge in [-0.25, -0.2) is 9.97 Å². The molecule has 0 amide bonds. The van der Waals surface area contributed by atoms with Crippen molar-refractivity contribution in [1.29, 1.82) is 0 Å². The fourth-order valence-electron chi connectivity index (χ4n) is 1.29. The van der Waals surface area contributed by atoms with Crippen molar-refractivity contribution in [1.82, 2.24) is 9.97 Å². The van der Waals surface area contributed by atoms with E-state index in [1.807, 2.05) is 6.07 Å². The molecule has 0 aliphatic carbocycles. The van der Waals surface area contributed by atoms with Crippen LogP contribution in [0.15, 0.2) is 6.07 Å². The maximum absolute atomic E-state index is 5.72. The summed E-state index contributed by atoms with van der Waals surface area (Å²) in [5.41, 5.74) is 6.76. The number of nitrogen functional groups attached to an aromatic ring is 1. The van der Waals surface area contributed by atoms with Crippen molar-refractivity contribution in [2.45, 2.75) is 40.0 Å². The zero-order valence-electron chi connectivity index (χ0n) is 9.41. The summed E-state index contributed by atoms with van der Waals surface area (Å²) in [4.78, 5) is 8.71. The van der Waals surface area contributed by atoms with E-state index in [0.29, 0.717) is 17.7 Å². The largest absolute Gasteiger partial charge is 0.384 e. The zero-order valence-corrected chi connectivity index (χ0v) is 9.41. The van der Waals surface area contributed by atoms with Gasteiger partial charge in [0.05, 0.1) is 0 Å². The quantitative estimate of drug-likeness (QED) is 0.801. The third-order valence-electron chi connectivity index (χ3n) is 1.99. The van der Waals surface area contributed by atoms with Gasteiger partial charge in [-0.15, -0.1) is 0 Å². The molecule has 0 radical (unpaired) electrons. The van der Waals surface area contributed by atoms with Crippen molar-refractivity contribution in [3.05, 3.63) is 17.6 Å². The van der Waals surface area contributed by atoms with Crippen LogP contribution >= 0.6 is 0 Å². The predicted molar refractivity (Wildman–Crippen MR) is 59.1 cm³/mol. The van der Waals surface area contributed by atoms with E-state index in [4.69, 9.17) is 5.73 Å². The Labute approximate surface area is 85.8 Å². The topological polar surface area (TPSA) is 51.8 Å². The molecule has 0 aromatic carbocycles. The number of hydrogen-bond donors (Lipinski definition) is 1. The molecule has 1 heterocycles. The van der Waals surface area contributed by atoms with Crippen molar-refractivity contribution in [3.8, 4) is 0 Å². The van der Waals surface area contributed by atoms with Gasteiger partial charge in [0, 0.05) is 18.2 Å². The molecule has 0 aliphatic heterocycles. The van der Waals surface area contributed by atoms with Crippen LogP contribution in [0.3, 0.4) is 0 Å². The Hall–Kier alpha value is -1.12. The maximum Gasteiger partial charge on any atom is 0.131 e. The van der Waals surface area contributed by atoms with E-state index >= 15 is 0 Å².